The molecule has 4 N–H and O–H groups in total. The Bertz CT molecular complexity index is 400. The summed E-state index contributed by atoms with van der Waals surface area (Å²) in [5.74, 6) is -0.00955. The van der Waals surface area contributed by atoms with Gasteiger partial charge in [-0.05, 0) is 31.7 Å². The van der Waals surface area contributed by atoms with Gasteiger partial charge in [-0.15, -0.1) is 0 Å². The molecule has 0 saturated heterocycles. The van der Waals surface area contributed by atoms with E-state index in [0.717, 1.165) is 25.7 Å². The lowest BCUT2D eigenvalue weighted by molar-refractivity contribution is 0.0998. The Balaban J connectivity index is 1.98. The first-order valence-electron chi connectivity index (χ1n) is 5.83. The van der Waals surface area contributed by atoms with Gasteiger partial charge in [-0.3, -0.25) is 4.79 Å². The van der Waals surface area contributed by atoms with Crippen LogP contribution in [0.2, 0.25) is 0 Å². The van der Waals surface area contributed by atoms with Crippen molar-refractivity contribution in [2.45, 2.75) is 37.8 Å². The van der Waals surface area contributed by atoms with Gasteiger partial charge >= 0.3 is 0 Å². The summed E-state index contributed by atoms with van der Waals surface area (Å²) in [6.07, 6.45) is 5.49. The van der Waals surface area contributed by atoms with Gasteiger partial charge in [0.25, 0.3) is 0 Å². The van der Waals surface area contributed by atoms with Gasteiger partial charge in [-0.1, -0.05) is 0 Å². The molecule has 0 aromatic carbocycles. The number of amides is 1. The number of ether oxygens (including phenoxy) is 1. The van der Waals surface area contributed by atoms with Crippen molar-refractivity contribution < 1.29 is 9.53 Å². The fourth-order valence-corrected chi connectivity index (χ4v) is 2.00. The minimum absolute atomic E-state index is 0.144. The Kier molecular flexibility index (Phi) is 3.58. The zero-order chi connectivity index (χ0) is 12.3. The maximum absolute atomic E-state index is 11.0. The summed E-state index contributed by atoms with van der Waals surface area (Å²) in [4.78, 5) is 15.1. The molecule has 0 bridgehead atoms. The van der Waals surface area contributed by atoms with Crippen molar-refractivity contribution in [3.05, 3.63) is 23.9 Å². The fourth-order valence-electron chi connectivity index (χ4n) is 2.00. The van der Waals surface area contributed by atoms with E-state index in [0.29, 0.717) is 17.5 Å². The quantitative estimate of drug-likeness (QED) is 0.811. The minimum Gasteiger partial charge on any atom is -0.474 e. The van der Waals surface area contributed by atoms with Crippen LogP contribution in [0.5, 0.6) is 5.88 Å². The fraction of sp³-hybridized carbons (Fsp3) is 0.500. The number of nitrogens with zero attached hydrogens (tertiary/aromatic N) is 1. The third-order valence-corrected chi connectivity index (χ3v) is 3.03. The van der Waals surface area contributed by atoms with Crippen LogP contribution in [0.15, 0.2) is 18.3 Å². The molecule has 1 heterocycles. The van der Waals surface area contributed by atoms with Crippen LogP contribution < -0.4 is 16.2 Å². The molecule has 2 rings (SSSR count). The Morgan fingerprint density at radius 2 is 2.06 bits per heavy atom. The Morgan fingerprint density at radius 1 is 1.35 bits per heavy atom. The topological polar surface area (TPSA) is 91.2 Å². The first-order valence-corrected chi connectivity index (χ1v) is 5.83. The van der Waals surface area contributed by atoms with Crippen molar-refractivity contribution in [1.82, 2.24) is 4.98 Å². The molecule has 5 heteroatoms. The molecule has 92 valence electrons. The molecule has 1 aromatic heterocycles. The Morgan fingerprint density at radius 3 is 2.71 bits per heavy atom. The Hall–Kier alpha value is -1.62. The SMILES string of the molecule is NC(=O)c1ccnc(OC2CCC(N)CC2)c1. The zero-order valence-electron chi connectivity index (χ0n) is 9.63. The highest BCUT2D eigenvalue weighted by atomic mass is 16.5. The highest BCUT2D eigenvalue weighted by Gasteiger charge is 2.20. The predicted molar refractivity (Wildman–Crippen MR) is 63.6 cm³/mol. The number of rotatable bonds is 3. The first kappa shape index (κ1) is 11.9. The minimum atomic E-state index is -0.470. The van der Waals surface area contributed by atoms with Crippen molar-refractivity contribution in [1.29, 1.82) is 0 Å². The second-order valence-electron chi connectivity index (χ2n) is 4.40. The summed E-state index contributed by atoms with van der Waals surface area (Å²) < 4.78 is 5.72. The first-order chi connectivity index (χ1) is 8.15. The highest BCUT2D eigenvalue weighted by Crippen LogP contribution is 2.22. The van der Waals surface area contributed by atoms with E-state index >= 15 is 0 Å². The van der Waals surface area contributed by atoms with Gasteiger partial charge < -0.3 is 16.2 Å². The number of primary amides is 1. The lowest BCUT2D eigenvalue weighted by Gasteiger charge is -2.26. The summed E-state index contributed by atoms with van der Waals surface area (Å²) in [5, 5.41) is 0. The van der Waals surface area contributed by atoms with Gasteiger partial charge in [-0.2, -0.15) is 0 Å². The summed E-state index contributed by atoms with van der Waals surface area (Å²) in [6, 6.07) is 3.45. The van der Waals surface area contributed by atoms with E-state index in [1.54, 1.807) is 12.1 Å². The van der Waals surface area contributed by atoms with Crippen LogP contribution in [0, 0.1) is 0 Å². The van der Waals surface area contributed by atoms with E-state index in [4.69, 9.17) is 16.2 Å². The number of aromatic nitrogens is 1. The summed E-state index contributed by atoms with van der Waals surface area (Å²) in [6.45, 7) is 0. The molecule has 1 aliphatic carbocycles. The average Bonchev–Trinajstić information content (AvgIpc) is 2.32. The number of nitrogens with two attached hydrogens (primary N) is 2. The lowest BCUT2D eigenvalue weighted by Crippen LogP contribution is -2.31. The van der Waals surface area contributed by atoms with E-state index in [9.17, 15) is 4.79 Å². The molecule has 5 nitrogen and oxygen atoms in total. The number of hydrogen-bond donors (Lipinski definition) is 2. The smallest absolute Gasteiger partial charge is 0.248 e. The molecule has 0 unspecified atom stereocenters. The van der Waals surface area contributed by atoms with Crippen LogP contribution in [-0.4, -0.2) is 23.0 Å². The van der Waals surface area contributed by atoms with E-state index in [-0.39, 0.29) is 6.10 Å². The van der Waals surface area contributed by atoms with Crippen LogP contribution in [-0.2, 0) is 0 Å². The molecule has 1 fully saturated rings. The molecule has 0 radical (unpaired) electrons. The third kappa shape index (κ3) is 3.17. The molecule has 1 saturated carbocycles. The van der Waals surface area contributed by atoms with Crippen LogP contribution in [0.3, 0.4) is 0 Å². The standard InChI is InChI=1S/C12H17N3O2/c13-9-1-3-10(4-2-9)17-11-7-8(12(14)16)5-6-15-11/h5-7,9-10H,1-4,13H2,(H2,14,16). The molecular weight excluding hydrogens is 218 g/mol. The molecule has 1 aliphatic rings. The van der Waals surface area contributed by atoms with Crippen molar-refractivity contribution >= 4 is 5.91 Å². The molecule has 1 amide bonds. The number of pyridine rings is 1. The van der Waals surface area contributed by atoms with Gasteiger partial charge in [0.05, 0.1) is 0 Å². The van der Waals surface area contributed by atoms with E-state index in [1.165, 1.54) is 6.20 Å². The lowest BCUT2D eigenvalue weighted by atomic mass is 9.94. The van der Waals surface area contributed by atoms with Gasteiger partial charge in [0.2, 0.25) is 11.8 Å². The molecule has 1 aromatic rings. The second kappa shape index (κ2) is 5.14. The monoisotopic (exact) mass is 235 g/mol. The molecular formula is C12H17N3O2. The van der Waals surface area contributed by atoms with Crippen LogP contribution >= 0.6 is 0 Å². The molecule has 0 atom stereocenters. The third-order valence-electron chi connectivity index (χ3n) is 3.03. The summed E-state index contributed by atoms with van der Waals surface area (Å²) >= 11 is 0. The highest BCUT2D eigenvalue weighted by molar-refractivity contribution is 5.92. The van der Waals surface area contributed by atoms with Crippen LogP contribution in [0.1, 0.15) is 36.0 Å². The zero-order valence-corrected chi connectivity index (χ0v) is 9.63. The van der Waals surface area contributed by atoms with Crippen molar-refractivity contribution in [2.75, 3.05) is 0 Å². The van der Waals surface area contributed by atoms with Crippen molar-refractivity contribution in [3.8, 4) is 5.88 Å². The Labute approximate surface area is 100 Å². The molecule has 0 aliphatic heterocycles. The summed E-state index contributed by atoms with van der Waals surface area (Å²) in [7, 11) is 0. The largest absolute Gasteiger partial charge is 0.474 e. The van der Waals surface area contributed by atoms with Gasteiger partial charge in [0.15, 0.2) is 0 Å². The molecule has 17 heavy (non-hydrogen) atoms. The van der Waals surface area contributed by atoms with Gasteiger partial charge in [-0.25, -0.2) is 4.98 Å². The number of carbonyl (C=O) groups is 1. The maximum atomic E-state index is 11.0. The van der Waals surface area contributed by atoms with E-state index in [1.807, 2.05) is 0 Å². The maximum Gasteiger partial charge on any atom is 0.248 e. The number of carbonyl (C=O) groups excluding carboxylic acids is 1. The normalized spacial score (nSPS) is 24.3. The van der Waals surface area contributed by atoms with Crippen molar-refractivity contribution in [3.63, 3.8) is 0 Å². The second-order valence-corrected chi connectivity index (χ2v) is 4.40. The average molecular weight is 235 g/mol. The molecule has 0 spiro atoms. The summed E-state index contributed by atoms with van der Waals surface area (Å²) in [5.41, 5.74) is 11.4. The predicted octanol–water partition coefficient (Wildman–Crippen LogP) is 0.829. The van der Waals surface area contributed by atoms with Gasteiger partial charge in [0, 0.05) is 23.9 Å². The van der Waals surface area contributed by atoms with Crippen LogP contribution in [0.4, 0.5) is 0 Å². The van der Waals surface area contributed by atoms with E-state index < -0.39 is 5.91 Å². The van der Waals surface area contributed by atoms with Crippen molar-refractivity contribution in [2.24, 2.45) is 11.5 Å². The van der Waals surface area contributed by atoms with E-state index in [2.05, 4.69) is 4.98 Å². The number of hydrogen-bond acceptors (Lipinski definition) is 4. The van der Waals surface area contributed by atoms with Crippen LogP contribution in [0.25, 0.3) is 0 Å². The van der Waals surface area contributed by atoms with Gasteiger partial charge in [0.1, 0.15) is 6.10 Å².